The number of hydrogen-bond acceptors (Lipinski definition) is 4. The summed E-state index contributed by atoms with van der Waals surface area (Å²) in [5.74, 6) is 0.297. The first-order chi connectivity index (χ1) is 9.63. The third kappa shape index (κ3) is 1.87. The molecule has 2 aliphatic rings. The molecule has 1 aromatic rings. The topological polar surface area (TPSA) is 58.6 Å². The fraction of sp³-hybridized carbons (Fsp3) is 0.438. The highest BCUT2D eigenvalue weighted by molar-refractivity contribution is 5.84. The molecular weight excluding hydrogens is 254 g/mol. The maximum Gasteiger partial charge on any atom is 0.328 e. The largest absolute Gasteiger partial charge is 0.506 e. The summed E-state index contributed by atoms with van der Waals surface area (Å²) in [5, 5.41) is 13.3. The van der Waals surface area contributed by atoms with Gasteiger partial charge in [-0.05, 0) is 37.5 Å². The van der Waals surface area contributed by atoms with E-state index in [1.807, 2.05) is 13.0 Å². The van der Waals surface area contributed by atoms with Crippen LogP contribution in [-0.4, -0.2) is 23.7 Å². The van der Waals surface area contributed by atoms with Gasteiger partial charge in [-0.1, -0.05) is 18.2 Å². The molecule has 0 spiro atoms. The molecule has 1 aromatic carbocycles. The normalized spacial score (nSPS) is 26.6. The van der Waals surface area contributed by atoms with E-state index in [-0.39, 0.29) is 23.6 Å². The van der Waals surface area contributed by atoms with Crippen molar-refractivity contribution < 1.29 is 14.6 Å². The first-order valence-electron chi connectivity index (χ1n) is 7.05. The van der Waals surface area contributed by atoms with Crippen LogP contribution in [0.15, 0.2) is 24.3 Å². The zero-order chi connectivity index (χ0) is 14.3. The van der Waals surface area contributed by atoms with E-state index >= 15 is 0 Å². The molecule has 0 bridgehead atoms. The average Bonchev–Trinajstić information content (AvgIpc) is 2.91. The minimum Gasteiger partial charge on any atom is -0.506 e. The number of esters is 1. The Morgan fingerprint density at radius 3 is 3.05 bits per heavy atom. The highest BCUT2D eigenvalue weighted by Gasteiger charge is 2.42. The van der Waals surface area contributed by atoms with Crippen LogP contribution in [0.3, 0.4) is 0 Å². The molecule has 1 aliphatic carbocycles. The molecule has 4 heteroatoms. The van der Waals surface area contributed by atoms with Crippen LogP contribution in [-0.2, 0) is 9.53 Å². The zero-order valence-corrected chi connectivity index (χ0v) is 11.7. The molecular formula is C16H19NO3. The molecule has 0 saturated heterocycles. The average molecular weight is 273 g/mol. The fourth-order valence-electron chi connectivity index (χ4n) is 3.35. The summed E-state index contributed by atoms with van der Waals surface area (Å²) in [6, 6.07) is 3.20. The number of allylic oxidation sites excluding steroid dienone is 2. The van der Waals surface area contributed by atoms with Gasteiger partial charge in [-0.2, -0.15) is 0 Å². The number of aryl methyl sites for hydroxylation is 1. The maximum absolute atomic E-state index is 12.2. The summed E-state index contributed by atoms with van der Waals surface area (Å²) in [7, 11) is 0. The highest BCUT2D eigenvalue weighted by Crippen LogP contribution is 2.48. The number of rotatable bonds is 2. The minimum absolute atomic E-state index is 0.169. The van der Waals surface area contributed by atoms with Crippen LogP contribution in [0.5, 0.6) is 5.75 Å². The zero-order valence-electron chi connectivity index (χ0n) is 11.7. The fourth-order valence-corrected chi connectivity index (χ4v) is 3.35. The number of carbonyl (C=O) groups is 1. The number of fused-ring (bicyclic) bond motifs is 3. The van der Waals surface area contributed by atoms with E-state index in [1.165, 1.54) is 0 Å². The third-order valence-corrected chi connectivity index (χ3v) is 4.26. The second-order valence-electron chi connectivity index (χ2n) is 5.42. The predicted octanol–water partition coefficient (Wildman–Crippen LogP) is 2.72. The third-order valence-electron chi connectivity index (χ3n) is 4.26. The quantitative estimate of drug-likeness (QED) is 0.494. The van der Waals surface area contributed by atoms with E-state index in [2.05, 4.69) is 17.5 Å². The molecule has 3 atom stereocenters. The molecule has 0 amide bonds. The molecule has 3 unspecified atom stereocenters. The summed E-state index contributed by atoms with van der Waals surface area (Å²) in [5.41, 5.74) is 2.91. The Morgan fingerprint density at radius 1 is 1.50 bits per heavy atom. The molecule has 0 aromatic heterocycles. The molecule has 20 heavy (non-hydrogen) atoms. The van der Waals surface area contributed by atoms with Crippen LogP contribution in [0.1, 0.15) is 30.4 Å². The number of phenolic OH excluding ortho intramolecular Hbond substituents is 1. The lowest BCUT2D eigenvalue weighted by Gasteiger charge is -2.36. The van der Waals surface area contributed by atoms with E-state index in [1.54, 1.807) is 13.0 Å². The van der Waals surface area contributed by atoms with Gasteiger partial charge in [-0.3, -0.25) is 0 Å². The first-order valence-corrected chi connectivity index (χ1v) is 7.05. The van der Waals surface area contributed by atoms with Crippen LogP contribution in [0.4, 0.5) is 5.69 Å². The Labute approximate surface area is 118 Å². The Balaban J connectivity index is 2.05. The van der Waals surface area contributed by atoms with Gasteiger partial charge < -0.3 is 15.2 Å². The Bertz CT molecular complexity index is 579. The van der Waals surface area contributed by atoms with Crippen molar-refractivity contribution in [1.29, 1.82) is 0 Å². The van der Waals surface area contributed by atoms with Gasteiger partial charge >= 0.3 is 5.97 Å². The minimum atomic E-state index is -0.393. The number of anilines is 1. The van der Waals surface area contributed by atoms with Crippen LogP contribution >= 0.6 is 0 Å². The van der Waals surface area contributed by atoms with Crippen LogP contribution < -0.4 is 5.32 Å². The van der Waals surface area contributed by atoms with Crippen LogP contribution in [0.25, 0.3) is 0 Å². The van der Waals surface area contributed by atoms with Gasteiger partial charge in [0.2, 0.25) is 0 Å². The van der Waals surface area contributed by atoms with Gasteiger partial charge in [-0.15, -0.1) is 0 Å². The molecule has 2 N–H and O–H groups in total. The van der Waals surface area contributed by atoms with Gasteiger partial charge in [0, 0.05) is 11.8 Å². The monoisotopic (exact) mass is 273 g/mol. The molecule has 1 aliphatic heterocycles. The van der Waals surface area contributed by atoms with Gasteiger partial charge in [0.1, 0.15) is 11.8 Å². The molecule has 0 fully saturated rings. The van der Waals surface area contributed by atoms with Crippen molar-refractivity contribution in [3.8, 4) is 5.75 Å². The number of carbonyl (C=O) groups excluding carboxylic acids is 1. The Hall–Kier alpha value is -1.97. The van der Waals surface area contributed by atoms with Crippen molar-refractivity contribution in [2.75, 3.05) is 11.9 Å². The molecule has 0 radical (unpaired) electrons. The number of benzene rings is 1. The second-order valence-corrected chi connectivity index (χ2v) is 5.42. The van der Waals surface area contributed by atoms with E-state index in [9.17, 15) is 9.90 Å². The summed E-state index contributed by atoms with van der Waals surface area (Å²) >= 11 is 0. The first kappa shape index (κ1) is 13.0. The van der Waals surface area contributed by atoms with Gasteiger partial charge in [0.15, 0.2) is 0 Å². The van der Waals surface area contributed by atoms with Crippen LogP contribution in [0, 0.1) is 12.8 Å². The highest BCUT2D eigenvalue weighted by atomic mass is 16.5. The molecule has 3 rings (SSSR count). The van der Waals surface area contributed by atoms with E-state index in [4.69, 9.17) is 4.74 Å². The second kappa shape index (κ2) is 4.85. The van der Waals surface area contributed by atoms with Gasteiger partial charge in [0.05, 0.1) is 12.3 Å². The number of aromatic hydroxyl groups is 1. The van der Waals surface area contributed by atoms with Crippen molar-refractivity contribution in [2.24, 2.45) is 5.92 Å². The molecule has 106 valence electrons. The summed E-state index contributed by atoms with van der Waals surface area (Å²) in [6.07, 6.45) is 5.11. The maximum atomic E-state index is 12.2. The summed E-state index contributed by atoms with van der Waals surface area (Å²) in [6.45, 7) is 4.21. The van der Waals surface area contributed by atoms with E-state index in [0.29, 0.717) is 12.3 Å². The van der Waals surface area contributed by atoms with E-state index in [0.717, 1.165) is 17.5 Å². The summed E-state index contributed by atoms with van der Waals surface area (Å²) < 4.78 is 5.16. The van der Waals surface area contributed by atoms with Crippen LogP contribution in [0.2, 0.25) is 0 Å². The number of nitrogens with one attached hydrogen (secondary N) is 1. The lowest BCUT2D eigenvalue weighted by Crippen LogP contribution is -2.43. The lowest BCUT2D eigenvalue weighted by atomic mass is 9.77. The SMILES string of the molecule is CCOC(=O)C1Nc2c(O)ccc(C)c2C2C=CCC12. The lowest BCUT2D eigenvalue weighted by molar-refractivity contribution is -0.145. The van der Waals surface area contributed by atoms with Crippen molar-refractivity contribution in [2.45, 2.75) is 32.2 Å². The Kier molecular flexibility index (Phi) is 3.16. The molecule has 1 heterocycles. The predicted molar refractivity (Wildman–Crippen MR) is 76.9 cm³/mol. The molecule has 4 nitrogen and oxygen atoms in total. The number of phenols is 1. The van der Waals surface area contributed by atoms with E-state index < -0.39 is 6.04 Å². The van der Waals surface area contributed by atoms with Crippen molar-refractivity contribution in [3.63, 3.8) is 0 Å². The smallest absolute Gasteiger partial charge is 0.328 e. The Morgan fingerprint density at radius 2 is 2.30 bits per heavy atom. The standard InChI is InChI=1S/C16H19NO3/c1-3-20-16(19)14-11-6-4-5-10(11)13-9(2)7-8-12(18)15(13)17-14/h4-5,7-8,10-11,14,17-18H,3,6H2,1-2H3. The van der Waals surface area contributed by atoms with Gasteiger partial charge in [-0.25, -0.2) is 4.79 Å². The number of hydrogen-bond donors (Lipinski definition) is 2. The molecule has 0 saturated carbocycles. The van der Waals surface area contributed by atoms with Crippen molar-refractivity contribution in [3.05, 3.63) is 35.4 Å². The van der Waals surface area contributed by atoms with Crippen molar-refractivity contribution >= 4 is 11.7 Å². The van der Waals surface area contributed by atoms with Crippen molar-refractivity contribution in [1.82, 2.24) is 0 Å². The number of ether oxygens (including phenoxy) is 1. The summed E-state index contributed by atoms with van der Waals surface area (Å²) in [4.78, 5) is 12.2. The van der Waals surface area contributed by atoms with Gasteiger partial charge in [0.25, 0.3) is 0 Å².